The highest BCUT2D eigenvalue weighted by atomic mass is 16.6. The van der Waals surface area contributed by atoms with E-state index in [9.17, 15) is 14.9 Å². The van der Waals surface area contributed by atoms with Gasteiger partial charge in [-0.3, -0.25) is 14.9 Å². The SMILES string of the molecule is CC(=O)Cn1ccc2ccc([N+](=O)[O-])cc21. The van der Waals surface area contributed by atoms with Crippen molar-refractivity contribution in [3.05, 3.63) is 40.6 Å². The fraction of sp³-hybridized carbons (Fsp3) is 0.182. The molecule has 0 atom stereocenters. The van der Waals surface area contributed by atoms with Gasteiger partial charge in [0.25, 0.3) is 5.69 Å². The third-order valence-corrected chi connectivity index (χ3v) is 2.36. The molecule has 1 aromatic heterocycles. The first-order valence-electron chi connectivity index (χ1n) is 4.80. The van der Waals surface area contributed by atoms with Gasteiger partial charge < -0.3 is 4.57 Å². The van der Waals surface area contributed by atoms with Crippen LogP contribution in [0.4, 0.5) is 5.69 Å². The lowest BCUT2D eigenvalue weighted by Crippen LogP contribution is -2.04. The minimum absolute atomic E-state index is 0.0176. The van der Waals surface area contributed by atoms with Crippen LogP contribution in [0.1, 0.15) is 6.92 Å². The average Bonchev–Trinajstić information content (AvgIpc) is 2.60. The number of benzene rings is 1. The number of rotatable bonds is 3. The third kappa shape index (κ3) is 1.79. The van der Waals surface area contributed by atoms with Gasteiger partial charge in [-0.2, -0.15) is 0 Å². The van der Waals surface area contributed by atoms with E-state index in [0.29, 0.717) is 5.52 Å². The standard InChI is InChI=1S/C11H10N2O3/c1-8(14)7-12-5-4-9-2-3-10(13(15)16)6-11(9)12/h2-6H,7H2,1H3. The predicted molar refractivity (Wildman–Crippen MR) is 59.3 cm³/mol. The Morgan fingerprint density at radius 2 is 2.19 bits per heavy atom. The summed E-state index contributed by atoms with van der Waals surface area (Å²) < 4.78 is 1.71. The molecule has 0 amide bonds. The molecule has 5 nitrogen and oxygen atoms in total. The Bertz CT molecular complexity index is 572. The summed E-state index contributed by atoms with van der Waals surface area (Å²) in [5.41, 5.74) is 0.750. The summed E-state index contributed by atoms with van der Waals surface area (Å²) in [5.74, 6) is 0.0176. The lowest BCUT2D eigenvalue weighted by Gasteiger charge is -2.01. The molecule has 0 spiro atoms. The molecule has 1 aromatic carbocycles. The minimum atomic E-state index is -0.440. The fourth-order valence-corrected chi connectivity index (χ4v) is 1.66. The number of Topliss-reactive ketones (excluding diaryl/α,β-unsaturated/α-hetero) is 1. The van der Waals surface area contributed by atoms with Crippen molar-refractivity contribution in [2.45, 2.75) is 13.5 Å². The topological polar surface area (TPSA) is 65.1 Å². The summed E-state index contributed by atoms with van der Waals surface area (Å²) in [7, 11) is 0. The van der Waals surface area contributed by atoms with Gasteiger partial charge in [0.2, 0.25) is 0 Å². The number of fused-ring (bicyclic) bond motifs is 1. The maximum absolute atomic E-state index is 11.0. The van der Waals surface area contributed by atoms with Crippen molar-refractivity contribution >= 4 is 22.4 Å². The summed E-state index contributed by atoms with van der Waals surface area (Å²) >= 11 is 0. The van der Waals surface area contributed by atoms with Crippen molar-refractivity contribution in [3.8, 4) is 0 Å². The van der Waals surface area contributed by atoms with Crippen LogP contribution in [0.25, 0.3) is 10.9 Å². The molecule has 0 aliphatic carbocycles. The van der Waals surface area contributed by atoms with Gasteiger partial charge in [0.05, 0.1) is 17.0 Å². The Hall–Kier alpha value is -2.17. The highest BCUT2D eigenvalue weighted by Crippen LogP contribution is 2.21. The van der Waals surface area contributed by atoms with Crippen LogP contribution < -0.4 is 0 Å². The van der Waals surface area contributed by atoms with Crippen molar-refractivity contribution < 1.29 is 9.72 Å². The van der Waals surface area contributed by atoms with Crippen LogP contribution in [0, 0.1) is 10.1 Å². The van der Waals surface area contributed by atoms with Gasteiger partial charge in [0.1, 0.15) is 5.78 Å². The van der Waals surface area contributed by atoms with Gasteiger partial charge >= 0.3 is 0 Å². The zero-order valence-corrected chi connectivity index (χ0v) is 8.71. The zero-order valence-electron chi connectivity index (χ0n) is 8.71. The van der Waals surface area contributed by atoms with Gasteiger partial charge in [0.15, 0.2) is 0 Å². The molecular formula is C11H10N2O3. The summed E-state index contributed by atoms with van der Waals surface area (Å²) in [6.45, 7) is 1.73. The molecule has 5 heteroatoms. The van der Waals surface area contributed by atoms with Crippen molar-refractivity contribution in [3.63, 3.8) is 0 Å². The van der Waals surface area contributed by atoms with Gasteiger partial charge in [-0.15, -0.1) is 0 Å². The molecule has 0 unspecified atom stereocenters. The Kier molecular flexibility index (Phi) is 2.44. The predicted octanol–water partition coefficient (Wildman–Crippen LogP) is 2.14. The highest BCUT2D eigenvalue weighted by molar-refractivity contribution is 5.84. The number of nitro benzene ring substituents is 1. The number of hydrogen-bond acceptors (Lipinski definition) is 3. The first kappa shape index (κ1) is 10.4. The fourth-order valence-electron chi connectivity index (χ4n) is 1.66. The van der Waals surface area contributed by atoms with E-state index in [0.717, 1.165) is 5.39 Å². The van der Waals surface area contributed by atoms with E-state index in [1.54, 1.807) is 16.8 Å². The first-order chi connectivity index (χ1) is 7.58. The quantitative estimate of drug-likeness (QED) is 0.585. The van der Waals surface area contributed by atoms with Crippen molar-refractivity contribution in [1.29, 1.82) is 0 Å². The molecule has 2 aromatic rings. The summed E-state index contributed by atoms with van der Waals surface area (Å²) in [5, 5.41) is 11.5. The molecule has 82 valence electrons. The van der Waals surface area contributed by atoms with Gasteiger partial charge in [-0.25, -0.2) is 0 Å². The molecule has 2 rings (SSSR count). The Labute approximate surface area is 91.4 Å². The van der Waals surface area contributed by atoms with Crippen LogP contribution in [0.2, 0.25) is 0 Å². The van der Waals surface area contributed by atoms with Gasteiger partial charge in [-0.05, 0) is 19.1 Å². The normalized spacial score (nSPS) is 10.6. The lowest BCUT2D eigenvalue weighted by molar-refractivity contribution is -0.384. The Balaban J connectivity index is 2.55. The molecule has 0 bridgehead atoms. The maximum Gasteiger partial charge on any atom is 0.271 e. The van der Waals surface area contributed by atoms with E-state index in [1.165, 1.54) is 19.1 Å². The molecule has 0 N–H and O–H groups in total. The molecule has 16 heavy (non-hydrogen) atoms. The summed E-state index contributed by atoms with van der Waals surface area (Å²) in [6.07, 6.45) is 1.76. The molecule has 0 saturated carbocycles. The third-order valence-electron chi connectivity index (χ3n) is 2.36. The number of nitrogens with zero attached hydrogens (tertiary/aromatic N) is 2. The van der Waals surface area contributed by atoms with Crippen LogP contribution in [0.5, 0.6) is 0 Å². The average molecular weight is 218 g/mol. The lowest BCUT2D eigenvalue weighted by atomic mass is 10.2. The number of aromatic nitrogens is 1. The summed E-state index contributed by atoms with van der Waals surface area (Å²) in [4.78, 5) is 21.2. The van der Waals surface area contributed by atoms with Crippen LogP contribution in [0.3, 0.4) is 0 Å². The number of carbonyl (C=O) groups excluding carboxylic acids is 1. The summed E-state index contributed by atoms with van der Waals surface area (Å²) in [6, 6.07) is 6.46. The molecule has 0 fully saturated rings. The smallest absolute Gasteiger partial charge is 0.271 e. The second-order valence-electron chi connectivity index (χ2n) is 3.65. The maximum atomic E-state index is 11.0. The monoisotopic (exact) mass is 218 g/mol. The number of hydrogen-bond donors (Lipinski definition) is 0. The second kappa shape index (κ2) is 3.77. The first-order valence-corrected chi connectivity index (χ1v) is 4.80. The molecule has 0 aliphatic rings. The van der Waals surface area contributed by atoms with E-state index < -0.39 is 4.92 Å². The number of ketones is 1. The van der Waals surface area contributed by atoms with Crippen LogP contribution in [-0.4, -0.2) is 15.3 Å². The number of non-ortho nitro benzene ring substituents is 1. The largest absolute Gasteiger partial charge is 0.340 e. The molecule has 0 radical (unpaired) electrons. The minimum Gasteiger partial charge on any atom is -0.340 e. The van der Waals surface area contributed by atoms with Crippen LogP contribution in [0.15, 0.2) is 30.5 Å². The van der Waals surface area contributed by atoms with Crippen LogP contribution >= 0.6 is 0 Å². The van der Waals surface area contributed by atoms with Crippen molar-refractivity contribution in [1.82, 2.24) is 4.57 Å². The van der Waals surface area contributed by atoms with E-state index >= 15 is 0 Å². The van der Waals surface area contributed by atoms with Crippen LogP contribution in [-0.2, 0) is 11.3 Å². The molecule has 1 heterocycles. The molecule has 0 saturated heterocycles. The Morgan fingerprint density at radius 3 is 2.81 bits per heavy atom. The van der Waals surface area contributed by atoms with E-state index in [2.05, 4.69) is 0 Å². The zero-order chi connectivity index (χ0) is 11.7. The molecular weight excluding hydrogens is 208 g/mol. The number of carbonyl (C=O) groups is 1. The van der Waals surface area contributed by atoms with E-state index in [1.807, 2.05) is 6.07 Å². The second-order valence-corrected chi connectivity index (χ2v) is 3.65. The number of nitro groups is 1. The van der Waals surface area contributed by atoms with Crippen molar-refractivity contribution in [2.75, 3.05) is 0 Å². The Morgan fingerprint density at radius 1 is 1.44 bits per heavy atom. The van der Waals surface area contributed by atoms with Crippen molar-refractivity contribution in [2.24, 2.45) is 0 Å². The van der Waals surface area contributed by atoms with E-state index in [-0.39, 0.29) is 18.0 Å². The molecule has 0 aliphatic heterocycles. The highest BCUT2D eigenvalue weighted by Gasteiger charge is 2.09. The van der Waals surface area contributed by atoms with E-state index in [4.69, 9.17) is 0 Å². The van der Waals surface area contributed by atoms with Gasteiger partial charge in [-0.1, -0.05) is 0 Å². The van der Waals surface area contributed by atoms with Gasteiger partial charge in [0, 0.05) is 23.7 Å².